The van der Waals surface area contributed by atoms with Crippen molar-refractivity contribution in [3.63, 3.8) is 0 Å². The molecule has 0 radical (unpaired) electrons. The standard InChI is InChI=1S/C10H13FN2O/c1-7-2-3-9(8(11)6-7)13-10(14)4-5-12/h2-3,6H,4-5,12H2,1H3,(H,13,14). The van der Waals surface area contributed by atoms with Gasteiger partial charge in [0.15, 0.2) is 0 Å². The predicted molar refractivity (Wildman–Crippen MR) is 53.4 cm³/mol. The van der Waals surface area contributed by atoms with Crippen LogP contribution in [0.3, 0.4) is 0 Å². The number of carbonyl (C=O) groups excluding carboxylic acids is 1. The van der Waals surface area contributed by atoms with Crippen LogP contribution in [0.5, 0.6) is 0 Å². The summed E-state index contributed by atoms with van der Waals surface area (Å²) < 4.78 is 13.2. The molecule has 1 aromatic carbocycles. The van der Waals surface area contributed by atoms with E-state index in [0.29, 0.717) is 0 Å². The van der Waals surface area contributed by atoms with Crippen LogP contribution in [0.4, 0.5) is 10.1 Å². The molecule has 0 atom stereocenters. The number of amides is 1. The van der Waals surface area contributed by atoms with Crippen molar-refractivity contribution >= 4 is 11.6 Å². The van der Waals surface area contributed by atoms with E-state index in [0.717, 1.165) is 5.56 Å². The second kappa shape index (κ2) is 4.72. The number of carbonyl (C=O) groups is 1. The third-order valence-electron chi connectivity index (χ3n) is 1.77. The van der Waals surface area contributed by atoms with Gasteiger partial charge < -0.3 is 11.1 Å². The summed E-state index contributed by atoms with van der Waals surface area (Å²) in [6.45, 7) is 2.05. The lowest BCUT2D eigenvalue weighted by atomic mass is 10.2. The first-order chi connectivity index (χ1) is 6.63. The van der Waals surface area contributed by atoms with Gasteiger partial charge >= 0.3 is 0 Å². The van der Waals surface area contributed by atoms with E-state index in [2.05, 4.69) is 5.32 Å². The second-order valence-corrected chi connectivity index (χ2v) is 3.07. The first-order valence-electron chi connectivity index (χ1n) is 4.39. The number of halogens is 1. The van der Waals surface area contributed by atoms with Crippen LogP contribution in [0.25, 0.3) is 0 Å². The lowest BCUT2D eigenvalue weighted by Crippen LogP contribution is -2.16. The van der Waals surface area contributed by atoms with Gasteiger partial charge in [0.1, 0.15) is 5.82 Å². The van der Waals surface area contributed by atoms with Gasteiger partial charge in [-0.1, -0.05) is 6.07 Å². The number of hydrogen-bond acceptors (Lipinski definition) is 2. The van der Waals surface area contributed by atoms with Crippen molar-refractivity contribution in [2.24, 2.45) is 5.73 Å². The van der Waals surface area contributed by atoms with Crippen LogP contribution in [0.2, 0.25) is 0 Å². The molecule has 0 spiro atoms. The molecule has 0 aliphatic heterocycles. The fourth-order valence-electron chi connectivity index (χ4n) is 1.07. The maximum atomic E-state index is 13.2. The molecular weight excluding hydrogens is 183 g/mol. The van der Waals surface area contributed by atoms with Crippen molar-refractivity contribution in [1.82, 2.24) is 0 Å². The summed E-state index contributed by atoms with van der Waals surface area (Å²) in [6, 6.07) is 4.65. The van der Waals surface area contributed by atoms with Gasteiger partial charge in [0.2, 0.25) is 5.91 Å². The zero-order chi connectivity index (χ0) is 10.6. The summed E-state index contributed by atoms with van der Waals surface area (Å²) in [4.78, 5) is 11.1. The average molecular weight is 196 g/mol. The van der Waals surface area contributed by atoms with E-state index in [9.17, 15) is 9.18 Å². The van der Waals surface area contributed by atoms with Crippen LogP contribution >= 0.6 is 0 Å². The summed E-state index contributed by atoms with van der Waals surface area (Å²) in [5, 5.41) is 2.44. The number of rotatable bonds is 3. The average Bonchev–Trinajstić information content (AvgIpc) is 2.10. The van der Waals surface area contributed by atoms with Crippen molar-refractivity contribution < 1.29 is 9.18 Å². The fourth-order valence-corrected chi connectivity index (χ4v) is 1.07. The van der Waals surface area contributed by atoms with Crippen molar-refractivity contribution in [2.75, 3.05) is 11.9 Å². The van der Waals surface area contributed by atoms with E-state index < -0.39 is 5.82 Å². The molecule has 0 fully saturated rings. The van der Waals surface area contributed by atoms with Crippen LogP contribution in [0, 0.1) is 12.7 Å². The molecule has 3 nitrogen and oxygen atoms in total. The minimum Gasteiger partial charge on any atom is -0.330 e. The quantitative estimate of drug-likeness (QED) is 0.768. The molecule has 14 heavy (non-hydrogen) atoms. The van der Waals surface area contributed by atoms with E-state index >= 15 is 0 Å². The normalized spacial score (nSPS) is 9.93. The highest BCUT2D eigenvalue weighted by Crippen LogP contribution is 2.15. The Balaban J connectivity index is 2.72. The molecule has 0 heterocycles. The van der Waals surface area contributed by atoms with Crippen LogP contribution in [-0.4, -0.2) is 12.5 Å². The van der Waals surface area contributed by atoms with Gasteiger partial charge in [-0.05, 0) is 24.6 Å². The summed E-state index contributed by atoms with van der Waals surface area (Å²) in [5.74, 6) is -0.689. The highest BCUT2D eigenvalue weighted by molar-refractivity contribution is 5.90. The molecule has 0 aromatic heterocycles. The highest BCUT2D eigenvalue weighted by Gasteiger charge is 2.05. The number of anilines is 1. The Morgan fingerprint density at radius 2 is 2.29 bits per heavy atom. The fraction of sp³-hybridized carbons (Fsp3) is 0.300. The van der Waals surface area contributed by atoms with Gasteiger partial charge in [-0.15, -0.1) is 0 Å². The molecule has 4 heteroatoms. The van der Waals surface area contributed by atoms with Gasteiger partial charge in [0.25, 0.3) is 0 Å². The Kier molecular flexibility index (Phi) is 3.59. The van der Waals surface area contributed by atoms with E-state index in [-0.39, 0.29) is 24.6 Å². The molecule has 1 amide bonds. The molecule has 0 aliphatic carbocycles. The molecule has 76 valence electrons. The lowest BCUT2D eigenvalue weighted by molar-refractivity contribution is -0.116. The maximum Gasteiger partial charge on any atom is 0.225 e. The maximum absolute atomic E-state index is 13.2. The topological polar surface area (TPSA) is 55.1 Å². The first-order valence-corrected chi connectivity index (χ1v) is 4.39. The number of aryl methyl sites for hydroxylation is 1. The molecule has 0 unspecified atom stereocenters. The largest absolute Gasteiger partial charge is 0.330 e. The number of hydrogen-bond donors (Lipinski definition) is 2. The zero-order valence-electron chi connectivity index (χ0n) is 8.01. The van der Waals surface area contributed by atoms with Gasteiger partial charge in [0.05, 0.1) is 5.69 Å². The van der Waals surface area contributed by atoms with Gasteiger partial charge in [-0.3, -0.25) is 4.79 Å². The molecule has 3 N–H and O–H groups in total. The highest BCUT2D eigenvalue weighted by atomic mass is 19.1. The first kappa shape index (κ1) is 10.7. The van der Waals surface area contributed by atoms with Crippen molar-refractivity contribution in [3.8, 4) is 0 Å². The van der Waals surface area contributed by atoms with E-state index in [1.54, 1.807) is 19.1 Å². The number of nitrogens with two attached hydrogens (primary N) is 1. The predicted octanol–water partition coefficient (Wildman–Crippen LogP) is 1.42. The van der Waals surface area contributed by atoms with Gasteiger partial charge in [0, 0.05) is 13.0 Å². The third-order valence-corrected chi connectivity index (χ3v) is 1.77. The second-order valence-electron chi connectivity index (χ2n) is 3.07. The number of benzene rings is 1. The Bertz CT molecular complexity index is 339. The minimum atomic E-state index is -0.421. The Morgan fingerprint density at radius 1 is 1.57 bits per heavy atom. The van der Waals surface area contributed by atoms with Crippen LogP contribution in [-0.2, 0) is 4.79 Å². The summed E-state index contributed by atoms with van der Waals surface area (Å²) >= 11 is 0. The molecule has 0 aliphatic rings. The molecule has 1 aromatic rings. The van der Waals surface area contributed by atoms with Crippen molar-refractivity contribution in [2.45, 2.75) is 13.3 Å². The Labute approximate surface area is 82.1 Å². The molecule has 1 rings (SSSR count). The molecule has 0 bridgehead atoms. The van der Waals surface area contributed by atoms with Crippen LogP contribution in [0.15, 0.2) is 18.2 Å². The molecule has 0 saturated carbocycles. The summed E-state index contributed by atoms with van der Waals surface area (Å²) in [6.07, 6.45) is 0.202. The minimum absolute atomic E-state index is 0.202. The Morgan fingerprint density at radius 3 is 2.86 bits per heavy atom. The van der Waals surface area contributed by atoms with E-state index in [4.69, 9.17) is 5.73 Å². The molecule has 0 saturated heterocycles. The summed E-state index contributed by atoms with van der Waals surface area (Å²) in [5.41, 5.74) is 6.21. The lowest BCUT2D eigenvalue weighted by Gasteiger charge is -2.05. The number of nitrogens with one attached hydrogen (secondary N) is 1. The summed E-state index contributed by atoms with van der Waals surface area (Å²) in [7, 11) is 0. The van der Waals surface area contributed by atoms with E-state index in [1.807, 2.05) is 0 Å². The smallest absolute Gasteiger partial charge is 0.225 e. The van der Waals surface area contributed by atoms with Crippen molar-refractivity contribution in [3.05, 3.63) is 29.6 Å². The van der Waals surface area contributed by atoms with Gasteiger partial charge in [-0.25, -0.2) is 4.39 Å². The van der Waals surface area contributed by atoms with Crippen LogP contribution in [0.1, 0.15) is 12.0 Å². The molecular formula is C10H13FN2O. The van der Waals surface area contributed by atoms with Crippen LogP contribution < -0.4 is 11.1 Å². The monoisotopic (exact) mass is 196 g/mol. The third kappa shape index (κ3) is 2.81. The van der Waals surface area contributed by atoms with E-state index in [1.165, 1.54) is 6.07 Å². The Hall–Kier alpha value is -1.42. The van der Waals surface area contributed by atoms with Crippen molar-refractivity contribution in [1.29, 1.82) is 0 Å². The van der Waals surface area contributed by atoms with Gasteiger partial charge in [-0.2, -0.15) is 0 Å². The SMILES string of the molecule is Cc1ccc(NC(=O)CCN)c(F)c1. The zero-order valence-corrected chi connectivity index (χ0v) is 8.01.